The van der Waals surface area contributed by atoms with Gasteiger partial charge >= 0.3 is 0 Å². The van der Waals surface area contributed by atoms with Gasteiger partial charge in [-0.3, -0.25) is 0 Å². The first kappa shape index (κ1) is 8.84. The van der Waals surface area contributed by atoms with Crippen molar-refractivity contribution in [2.75, 3.05) is 5.73 Å². The molecule has 0 aliphatic heterocycles. The van der Waals surface area contributed by atoms with Crippen molar-refractivity contribution >= 4 is 17.0 Å². The highest BCUT2D eigenvalue weighted by Crippen LogP contribution is 2.24. The van der Waals surface area contributed by atoms with Gasteiger partial charge in [-0.1, -0.05) is 0 Å². The van der Waals surface area contributed by atoms with Crippen LogP contribution in [0.1, 0.15) is 0 Å². The molecule has 16 heavy (non-hydrogen) atoms. The number of nitrogens with one attached hydrogen (secondary N) is 1. The number of aromatic amines is 1. The Bertz CT molecular complexity index is 643. The number of nitrogens with zero attached hydrogens (tertiary/aromatic N) is 3. The molecule has 0 atom stereocenters. The van der Waals surface area contributed by atoms with Gasteiger partial charge < -0.3 is 10.7 Å². The highest BCUT2D eigenvalue weighted by molar-refractivity contribution is 5.81. The van der Waals surface area contributed by atoms with Gasteiger partial charge in [-0.05, 0) is 18.2 Å². The summed E-state index contributed by atoms with van der Waals surface area (Å²) >= 11 is 0. The molecule has 5 heteroatoms. The molecule has 0 spiro atoms. The van der Waals surface area contributed by atoms with Gasteiger partial charge in [0.1, 0.15) is 5.82 Å². The van der Waals surface area contributed by atoms with Crippen LogP contribution in [-0.2, 0) is 0 Å². The standard InChI is InChI=1S/C11H9N5/c12-10-8(2-1-3-13-10)7-4-9-11(14-5-7)16-6-15-9/h1-6H,(H2,12,13)(H,14,15,16). The second kappa shape index (κ2) is 3.30. The zero-order valence-electron chi connectivity index (χ0n) is 8.38. The highest BCUT2D eigenvalue weighted by atomic mass is 14.9. The quantitative estimate of drug-likeness (QED) is 0.640. The van der Waals surface area contributed by atoms with E-state index in [1.165, 1.54) is 0 Å². The van der Waals surface area contributed by atoms with E-state index < -0.39 is 0 Å². The zero-order chi connectivity index (χ0) is 11.0. The third-order valence-electron chi connectivity index (χ3n) is 2.42. The Hall–Kier alpha value is -2.43. The number of hydrogen-bond acceptors (Lipinski definition) is 4. The second-order valence-corrected chi connectivity index (χ2v) is 3.43. The average molecular weight is 211 g/mol. The van der Waals surface area contributed by atoms with E-state index in [1.807, 2.05) is 18.2 Å². The van der Waals surface area contributed by atoms with Gasteiger partial charge in [0, 0.05) is 23.5 Å². The lowest BCUT2D eigenvalue weighted by molar-refractivity contribution is 1.30. The number of fused-ring (bicyclic) bond motifs is 1. The van der Waals surface area contributed by atoms with Crippen LogP contribution in [0.5, 0.6) is 0 Å². The summed E-state index contributed by atoms with van der Waals surface area (Å²) in [5.41, 5.74) is 9.21. The third-order valence-corrected chi connectivity index (χ3v) is 2.42. The fourth-order valence-corrected chi connectivity index (χ4v) is 1.64. The molecule has 0 radical (unpaired) electrons. The number of H-pyrrole nitrogens is 1. The molecule has 3 rings (SSSR count). The molecule has 0 amide bonds. The van der Waals surface area contributed by atoms with Crippen LogP contribution >= 0.6 is 0 Å². The smallest absolute Gasteiger partial charge is 0.177 e. The van der Waals surface area contributed by atoms with Crippen LogP contribution in [0.25, 0.3) is 22.3 Å². The normalized spacial score (nSPS) is 10.8. The van der Waals surface area contributed by atoms with Crippen LogP contribution in [0.4, 0.5) is 5.82 Å². The van der Waals surface area contributed by atoms with Crippen LogP contribution in [0.2, 0.25) is 0 Å². The average Bonchev–Trinajstić information content (AvgIpc) is 2.76. The minimum atomic E-state index is 0.503. The van der Waals surface area contributed by atoms with Crippen molar-refractivity contribution in [2.45, 2.75) is 0 Å². The number of imidazole rings is 1. The summed E-state index contributed by atoms with van der Waals surface area (Å²) in [6.45, 7) is 0. The first-order valence-electron chi connectivity index (χ1n) is 4.84. The number of anilines is 1. The number of nitrogen functional groups attached to an aromatic ring is 1. The van der Waals surface area contributed by atoms with E-state index in [4.69, 9.17) is 5.73 Å². The second-order valence-electron chi connectivity index (χ2n) is 3.43. The first-order valence-corrected chi connectivity index (χ1v) is 4.84. The monoisotopic (exact) mass is 211 g/mol. The van der Waals surface area contributed by atoms with E-state index in [0.717, 1.165) is 16.6 Å². The van der Waals surface area contributed by atoms with Crippen molar-refractivity contribution < 1.29 is 0 Å². The molecule has 5 nitrogen and oxygen atoms in total. The molecule has 0 aromatic carbocycles. The summed E-state index contributed by atoms with van der Waals surface area (Å²) in [5.74, 6) is 0.503. The van der Waals surface area contributed by atoms with Crippen molar-refractivity contribution in [2.24, 2.45) is 0 Å². The Balaban J connectivity index is 2.22. The van der Waals surface area contributed by atoms with E-state index >= 15 is 0 Å². The zero-order valence-corrected chi connectivity index (χ0v) is 8.38. The minimum Gasteiger partial charge on any atom is -0.383 e. The van der Waals surface area contributed by atoms with Crippen LogP contribution in [0.3, 0.4) is 0 Å². The minimum absolute atomic E-state index is 0.503. The summed E-state index contributed by atoms with van der Waals surface area (Å²) in [7, 11) is 0. The van der Waals surface area contributed by atoms with E-state index in [1.54, 1.807) is 18.7 Å². The summed E-state index contributed by atoms with van der Waals surface area (Å²) < 4.78 is 0. The van der Waals surface area contributed by atoms with Crippen LogP contribution in [0.15, 0.2) is 36.9 Å². The lowest BCUT2D eigenvalue weighted by Gasteiger charge is -2.03. The summed E-state index contributed by atoms with van der Waals surface area (Å²) in [5, 5.41) is 0. The largest absolute Gasteiger partial charge is 0.383 e. The van der Waals surface area contributed by atoms with Gasteiger partial charge in [0.15, 0.2) is 5.65 Å². The predicted molar refractivity (Wildman–Crippen MR) is 61.5 cm³/mol. The molecule has 78 valence electrons. The molecular weight excluding hydrogens is 202 g/mol. The summed E-state index contributed by atoms with van der Waals surface area (Å²) in [6, 6.07) is 5.73. The fraction of sp³-hybridized carbons (Fsp3) is 0. The van der Waals surface area contributed by atoms with E-state index in [2.05, 4.69) is 19.9 Å². The maximum absolute atomic E-state index is 5.81. The maximum Gasteiger partial charge on any atom is 0.177 e. The number of aromatic nitrogens is 4. The van der Waals surface area contributed by atoms with Crippen LogP contribution in [0, 0.1) is 0 Å². The number of nitrogens with two attached hydrogens (primary N) is 1. The molecular formula is C11H9N5. The summed E-state index contributed by atoms with van der Waals surface area (Å²) in [4.78, 5) is 15.4. The molecule has 0 saturated heterocycles. The van der Waals surface area contributed by atoms with Crippen molar-refractivity contribution in [1.82, 2.24) is 19.9 Å². The third kappa shape index (κ3) is 1.30. The van der Waals surface area contributed by atoms with Crippen molar-refractivity contribution in [3.8, 4) is 11.1 Å². The van der Waals surface area contributed by atoms with Gasteiger partial charge in [-0.25, -0.2) is 15.0 Å². The van der Waals surface area contributed by atoms with Crippen molar-refractivity contribution in [3.63, 3.8) is 0 Å². The lowest BCUT2D eigenvalue weighted by Crippen LogP contribution is -1.93. The molecule has 3 aromatic rings. The Morgan fingerprint density at radius 2 is 2.12 bits per heavy atom. The summed E-state index contributed by atoms with van der Waals surface area (Å²) in [6.07, 6.45) is 5.03. The number of rotatable bonds is 1. The molecule has 0 saturated carbocycles. The van der Waals surface area contributed by atoms with Gasteiger partial charge in [0.25, 0.3) is 0 Å². The van der Waals surface area contributed by atoms with Gasteiger partial charge in [-0.2, -0.15) is 0 Å². The van der Waals surface area contributed by atoms with E-state index in [9.17, 15) is 0 Å². The van der Waals surface area contributed by atoms with Gasteiger partial charge in [0.05, 0.1) is 11.8 Å². The molecule has 3 heterocycles. The van der Waals surface area contributed by atoms with Crippen LogP contribution in [-0.4, -0.2) is 19.9 Å². The Kier molecular flexibility index (Phi) is 1.83. The molecule has 0 unspecified atom stereocenters. The molecule has 0 aliphatic carbocycles. The van der Waals surface area contributed by atoms with Crippen LogP contribution < -0.4 is 5.73 Å². The number of hydrogen-bond donors (Lipinski definition) is 2. The van der Waals surface area contributed by atoms with Crippen molar-refractivity contribution in [1.29, 1.82) is 0 Å². The maximum atomic E-state index is 5.81. The molecule has 0 aliphatic rings. The predicted octanol–water partition coefficient (Wildman–Crippen LogP) is 1.60. The first-order chi connectivity index (χ1) is 7.84. The highest BCUT2D eigenvalue weighted by Gasteiger charge is 2.05. The Morgan fingerprint density at radius 3 is 3.00 bits per heavy atom. The van der Waals surface area contributed by atoms with E-state index in [-0.39, 0.29) is 0 Å². The Labute approximate surface area is 91.4 Å². The molecule has 0 bridgehead atoms. The van der Waals surface area contributed by atoms with Gasteiger partial charge in [0.2, 0.25) is 0 Å². The number of pyridine rings is 2. The fourth-order valence-electron chi connectivity index (χ4n) is 1.64. The Morgan fingerprint density at radius 1 is 1.19 bits per heavy atom. The van der Waals surface area contributed by atoms with Gasteiger partial charge in [-0.15, -0.1) is 0 Å². The SMILES string of the molecule is Nc1ncccc1-c1cnc2nc[nH]c2c1. The topological polar surface area (TPSA) is 80.5 Å². The molecule has 3 N–H and O–H groups in total. The van der Waals surface area contributed by atoms with Crippen molar-refractivity contribution in [3.05, 3.63) is 36.9 Å². The van der Waals surface area contributed by atoms with E-state index in [0.29, 0.717) is 11.5 Å². The molecule has 0 fully saturated rings. The lowest BCUT2D eigenvalue weighted by atomic mass is 10.1. The molecule has 3 aromatic heterocycles.